The molecule has 0 aliphatic carbocycles. The average molecular weight is 453 g/mol. The number of nitrogens with zero attached hydrogens (tertiary/aromatic N) is 4. The minimum absolute atomic E-state index is 0.0297. The zero-order valence-electron chi connectivity index (χ0n) is 17.3. The van der Waals surface area contributed by atoms with E-state index in [1.807, 2.05) is 0 Å². The number of carbonyl (C=O) groups excluding carboxylic acids is 1. The number of rotatable bonds is 10. The molecule has 2 aromatic carbocycles. The van der Waals surface area contributed by atoms with Gasteiger partial charge in [0.15, 0.2) is 0 Å². The Bertz CT molecular complexity index is 1150. The van der Waals surface area contributed by atoms with Crippen molar-refractivity contribution in [3.05, 3.63) is 86.2 Å². The van der Waals surface area contributed by atoms with E-state index in [1.54, 1.807) is 31.4 Å². The second-order valence-electron chi connectivity index (χ2n) is 6.65. The fourth-order valence-electron chi connectivity index (χ4n) is 2.80. The second-order valence-corrected chi connectivity index (χ2v) is 6.65. The lowest BCUT2D eigenvalue weighted by Crippen LogP contribution is -2.31. The van der Waals surface area contributed by atoms with Crippen LogP contribution in [0.4, 0.5) is 23.0 Å². The number of non-ortho nitro benzene ring substituents is 1. The molecule has 0 aliphatic heterocycles. The van der Waals surface area contributed by atoms with Crippen molar-refractivity contribution in [2.24, 2.45) is 0 Å². The summed E-state index contributed by atoms with van der Waals surface area (Å²) in [6, 6.07) is 12.6. The summed E-state index contributed by atoms with van der Waals surface area (Å²) in [5, 5.41) is 25.2. The normalized spacial score (nSPS) is 10.2. The van der Waals surface area contributed by atoms with E-state index in [0.29, 0.717) is 11.3 Å². The molecule has 33 heavy (non-hydrogen) atoms. The van der Waals surface area contributed by atoms with Gasteiger partial charge in [-0.05, 0) is 23.3 Å². The third-order valence-corrected chi connectivity index (χ3v) is 4.46. The highest BCUT2D eigenvalue weighted by Gasteiger charge is 2.23. The van der Waals surface area contributed by atoms with Crippen LogP contribution in [0.5, 0.6) is 5.75 Å². The SMILES string of the molecule is COc1ccc(CNc2ncnc(NNC(=O)Cc3ccc([N+](=O)[O-])cc3)c2[N+](=O)[O-])cc1. The van der Waals surface area contributed by atoms with Crippen molar-refractivity contribution in [1.29, 1.82) is 0 Å². The summed E-state index contributed by atoms with van der Waals surface area (Å²) in [6.07, 6.45) is 1.01. The van der Waals surface area contributed by atoms with Crippen molar-refractivity contribution >= 4 is 28.9 Å². The maximum atomic E-state index is 12.2. The molecule has 0 saturated carbocycles. The Kier molecular flexibility index (Phi) is 7.26. The predicted octanol–water partition coefficient (Wildman–Crippen LogP) is 2.60. The van der Waals surface area contributed by atoms with Crippen LogP contribution < -0.4 is 20.9 Å². The van der Waals surface area contributed by atoms with Gasteiger partial charge in [-0.3, -0.25) is 35.9 Å². The number of amides is 1. The van der Waals surface area contributed by atoms with Gasteiger partial charge in [-0.1, -0.05) is 24.3 Å². The van der Waals surface area contributed by atoms with Crippen molar-refractivity contribution in [2.45, 2.75) is 13.0 Å². The van der Waals surface area contributed by atoms with Crippen molar-refractivity contribution in [2.75, 3.05) is 17.9 Å². The predicted molar refractivity (Wildman–Crippen MR) is 118 cm³/mol. The lowest BCUT2D eigenvalue weighted by Gasteiger charge is -2.11. The van der Waals surface area contributed by atoms with Gasteiger partial charge in [0, 0.05) is 18.7 Å². The van der Waals surface area contributed by atoms with Gasteiger partial charge in [0.2, 0.25) is 17.5 Å². The molecular formula is C20H19N7O6. The number of aromatic nitrogens is 2. The Morgan fingerprint density at radius 1 is 0.939 bits per heavy atom. The van der Waals surface area contributed by atoms with Crippen LogP contribution in [-0.4, -0.2) is 32.8 Å². The Morgan fingerprint density at radius 2 is 1.58 bits per heavy atom. The van der Waals surface area contributed by atoms with Gasteiger partial charge < -0.3 is 10.1 Å². The van der Waals surface area contributed by atoms with E-state index in [-0.39, 0.29) is 30.3 Å². The average Bonchev–Trinajstić information content (AvgIpc) is 2.81. The van der Waals surface area contributed by atoms with E-state index in [4.69, 9.17) is 4.74 Å². The Hall–Kier alpha value is -4.81. The highest BCUT2D eigenvalue weighted by atomic mass is 16.6. The minimum Gasteiger partial charge on any atom is -0.497 e. The highest BCUT2D eigenvalue weighted by Crippen LogP contribution is 2.28. The van der Waals surface area contributed by atoms with Gasteiger partial charge >= 0.3 is 5.69 Å². The zero-order chi connectivity index (χ0) is 23.8. The molecule has 0 atom stereocenters. The molecule has 0 spiro atoms. The molecule has 0 saturated heterocycles. The van der Waals surface area contributed by atoms with Crippen LogP contribution in [0.1, 0.15) is 11.1 Å². The summed E-state index contributed by atoms with van der Waals surface area (Å²) in [7, 11) is 1.55. The molecule has 0 unspecified atom stereocenters. The molecule has 170 valence electrons. The molecule has 0 fully saturated rings. The standard InChI is InChI=1S/C20H19N7O6/c1-33-16-8-4-14(5-9-16)11-21-19-18(27(31)32)20(23-12-22-19)25-24-17(28)10-13-2-6-15(7-3-13)26(29)30/h2-9,12H,10-11H2,1H3,(H,24,28)(H2,21,22,23,25). The number of hydrogen-bond donors (Lipinski definition) is 3. The lowest BCUT2D eigenvalue weighted by molar-refractivity contribution is -0.384. The fourth-order valence-corrected chi connectivity index (χ4v) is 2.80. The monoisotopic (exact) mass is 453 g/mol. The van der Waals surface area contributed by atoms with E-state index < -0.39 is 21.4 Å². The quantitative estimate of drug-likeness (QED) is 0.306. The van der Waals surface area contributed by atoms with Crippen LogP contribution >= 0.6 is 0 Å². The molecule has 13 nitrogen and oxygen atoms in total. The molecule has 0 aliphatic rings. The fraction of sp³-hybridized carbons (Fsp3) is 0.150. The van der Waals surface area contributed by atoms with Crippen LogP contribution in [0.25, 0.3) is 0 Å². The van der Waals surface area contributed by atoms with Gasteiger partial charge in [-0.15, -0.1) is 0 Å². The Labute approximate surface area is 187 Å². The van der Waals surface area contributed by atoms with Crippen LogP contribution in [0.3, 0.4) is 0 Å². The van der Waals surface area contributed by atoms with E-state index in [2.05, 4.69) is 26.1 Å². The summed E-state index contributed by atoms with van der Waals surface area (Å²) in [5.41, 5.74) is 5.61. The third kappa shape index (κ3) is 6.10. The van der Waals surface area contributed by atoms with Gasteiger partial charge in [0.05, 0.1) is 23.4 Å². The number of hydrogen-bond acceptors (Lipinski definition) is 10. The number of ether oxygens (including phenoxy) is 1. The lowest BCUT2D eigenvalue weighted by atomic mass is 10.1. The highest BCUT2D eigenvalue weighted by molar-refractivity contribution is 5.81. The molecule has 3 aromatic rings. The Morgan fingerprint density at radius 3 is 2.18 bits per heavy atom. The van der Waals surface area contributed by atoms with Crippen LogP contribution in [0.15, 0.2) is 54.9 Å². The van der Waals surface area contributed by atoms with Crippen molar-refractivity contribution in [3.63, 3.8) is 0 Å². The number of carbonyl (C=O) groups is 1. The number of benzene rings is 2. The second kappa shape index (κ2) is 10.5. The molecule has 1 heterocycles. The van der Waals surface area contributed by atoms with Gasteiger partial charge in [0.1, 0.15) is 12.1 Å². The maximum absolute atomic E-state index is 12.2. The summed E-state index contributed by atoms with van der Waals surface area (Å²) in [4.78, 5) is 41.1. The summed E-state index contributed by atoms with van der Waals surface area (Å²) in [5.74, 6) is -0.0746. The summed E-state index contributed by atoms with van der Waals surface area (Å²) >= 11 is 0. The van der Waals surface area contributed by atoms with Crippen molar-refractivity contribution < 1.29 is 19.4 Å². The molecule has 0 radical (unpaired) electrons. The summed E-state index contributed by atoms with van der Waals surface area (Å²) < 4.78 is 5.10. The van der Waals surface area contributed by atoms with Crippen LogP contribution in [0, 0.1) is 20.2 Å². The van der Waals surface area contributed by atoms with E-state index in [9.17, 15) is 25.0 Å². The first-order chi connectivity index (χ1) is 15.9. The molecule has 1 aromatic heterocycles. The number of nitrogens with one attached hydrogen (secondary N) is 3. The first-order valence-corrected chi connectivity index (χ1v) is 9.51. The van der Waals surface area contributed by atoms with E-state index in [0.717, 1.165) is 11.9 Å². The van der Waals surface area contributed by atoms with E-state index in [1.165, 1.54) is 24.3 Å². The molecule has 1 amide bonds. The number of anilines is 2. The number of hydrazine groups is 1. The topological polar surface area (TPSA) is 174 Å². The van der Waals surface area contributed by atoms with Crippen LogP contribution in [0.2, 0.25) is 0 Å². The van der Waals surface area contributed by atoms with Crippen molar-refractivity contribution in [1.82, 2.24) is 15.4 Å². The number of methoxy groups -OCH3 is 1. The third-order valence-electron chi connectivity index (χ3n) is 4.46. The number of nitro groups is 2. The minimum atomic E-state index is -0.666. The Balaban J connectivity index is 1.65. The van der Waals surface area contributed by atoms with Crippen molar-refractivity contribution in [3.8, 4) is 5.75 Å². The molecule has 13 heteroatoms. The zero-order valence-corrected chi connectivity index (χ0v) is 17.3. The van der Waals surface area contributed by atoms with Crippen LogP contribution in [-0.2, 0) is 17.8 Å². The molecule has 0 bridgehead atoms. The maximum Gasteiger partial charge on any atom is 0.354 e. The largest absolute Gasteiger partial charge is 0.497 e. The molecule has 3 rings (SSSR count). The van der Waals surface area contributed by atoms with Gasteiger partial charge in [0.25, 0.3) is 5.69 Å². The smallest absolute Gasteiger partial charge is 0.354 e. The molecule has 3 N–H and O–H groups in total. The molecular weight excluding hydrogens is 434 g/mol. The van der Waals surface area contributed by atoms with Gasteiger partial charge in [-0.25, -0.2) is 9.97 Å². The summed E-state index contributed by atoms with van der Waals surface area (Å²) in [6.45, 7) is 0.258. The number of nitro benzene ring substituents is 1. The van der Waals surface area contributed by atoms with E-state index >= 15 is 0 Å². The van der Waals surface area contributed by atoms with Gasteiger partial charge in [-0.2, -0.15) is 0 Å². The first kappa shape index (κ1) is 22.9. The first-order valence-electron chi connectivity index (χ1n) is 9.51.